The van der Waals surface area contributed by atoms with Crippen LogP contribution in [0.4, 0.5) is 17.1 Å². The van der Waals surface area contributed by atoms with Gasteiger partial charge in [0.15, 0.2) is 0 Å². The lowest BCUT2D eigenvalue weighted by atomic mass is 10.1. The van der Waals surface area contributed by atoms with Crippen LogP contribution in [0.2, 0.25) is 0 Å². The molecule has 0 saturated carbocycles. The monoisotopic (exact) mass is 409 g/mol. The van der Waals surface area contributed by atoms with Crippen LogP contribution in [0, 0.1) is 6.92 Å². The summed E-state index contributed by atoms with van der Waals surface area (Å²) in [6, 6.07) is 12.8. The zero-order chi connectivity index (χ0) is 18.7. The number of para-hydroxylation sites is 1. The SMILES string of the molecule is Cc1ccc(NC(=O)CCc2ccccc2N)cc1N1CCCS1(=O)=O.Cl. The first kappa shape index (κ1) is 21.1. The fourth-order valence-electron chi connectivity index (χ4n) is 3.10. The number of carbonyl (C=O) groups is 1. The van der Waals surface area contributed by atoms with Gasteiger partial charge in [-0.2, -0.15) is 0 Å². The Labute approximate surface area is 166 Å². The number of aryl methyl sites for hydroxylation is 2. The van der Waals surface area contributed by atoms with Crippen LogP contribution in [0.25, 0.3) is 0 Å². The van der Waals surface area contributed by atoms with Crippen molar-refractivity contribution in [1.29, 1.82) is 0 Å². The van der Waals surface area contributed by atoms with Crippen LogP contribution in [0.1, 0.15) is 24.0 Å². The number of nitrogens with zero attached hydrogens (tertiary/aromatic N) is 1. The van der Waals surface area contributed by atoms with E-state index in [1.165, 1.54) is 4.31 Å². The molecule has 1 saturated heterocycles. The quantitative estimate of drug-likeness (QED) is 0.742. The third-order valence-electron chi connectivity index (χ3n) is 4.54. The molecule has 1 amide bonds. The average Bonchev–Trinajstić information content (AvgIpc) is 2.95. The Bertz CT molecular complexity index is 932. The van der Waals surface area contributed by atoms with Crippen molar-refractivity contribution in [3.05, 3.63) is 53.6 Å². The molecule has 8 heteroatoms. The summed E-state index contributed by atoms with van der Waals surface area (Å²) in [6.45, 7) is 2.35. The Morgan fingerprint density at radius 1 is 1.22 bits per heavy atom. The summed E-state index contributed by atoms with van der Waals surface area (Å²) in [6.07, 6.45) is 1.48. The number of nitrogens with one attached hydrogen (secondary N) is 1. The van der Waals surface area contributed by atoms with Crippen LogP contribution in [-0.4, -0.2) is 26.6 Å². The first-order valence-electron chi connectivity index (χ1n) is 8.61. The molecule has 1 heterocycles. The minimum Gasteiger partial charge on any atom is -0.399 e. The van der Waals surface area contributed by atoms with Gasteiger partial charge in [-0.05, 0) is 49.1 Å². The summed E-state index contributed by atoms with van der Waals surface area (Å²) in [7, 11) is -3.25. The van der Waals surface area contributed by atoms with E-state index in [2.05, 4.69) is 5.32 Å². The third kappa shape index (κ3) is 4.93. The Morgan fingerprint density at radius 2 is 1.96 bits per heavy atom. The number of hydrogen-bond acceptors (Lipinski definition) is 4. The van der Waals surface area contributed by atoms with Crippen LogP contribution in [0.15, 0.2) is 42.5 Å². The Morgan fingerprint density at radius 3 is 2.63 bits per heavy atom. The molecular formula is C19H24ClN3O3S. The number of carbonyl (C=O) groups excluding carboxylic acids is 1. The number of rotatable bonds is 5. The molecular weight excluding hydrogens is 386 g/mol. The van der Waals surface area contributed by atoms with E-state index < -0.39 is 10.0 Å². The van der Waals surface area contributed by atoms with E-state index in [4.69, 9.17) is 5.73 Å². The van der Waals surface area contributed by atoms with Crippen molar-refractivity contribution in [3.63, 3.8) is 0 Å². The second-order valence-corrected chi connectivity index (χ2v) is 8.50. The Hall–Kier alpha value is -2.25. The van der Waals surface area contributed by atoms with E-state index in [1.54, 1.807) is 12.1 Å². The molecule has 0 aliphatic carbocycles. The molecule has 2 aromatic carbocycles. The van der Waals surface area contributed by atoms with Crippen molar-refractivity contribution < 1.29 is 13.2 Å². The smallest absolute Gasteiger partial charge is 0.235 e. The molecule has 6 nitrogen and oxygen atoms in total. The summed E-state index contributed by atoms with van der Waals surface area (Å²) in [4.78, 5) is 12.3. The Balaban J connectivity index is 0.00000261. The maximum Gasteiger partial charge on any atom is 0.235 e. The van der Waals surface area contributed by atoms with Gasteiger partial charge in [-0.1, -0.05) is 24.3 Å². The number of benzene rings is 2. The van der Waals surface area contributed by atoms with Gasteiger partial charge in [-0.15, -0.1) is 12.4 Å². The van der Waals surface area contributed by atoms with E-state index in [0.717, 1.165) is 11.1 Å². The standard InChI is InChI=1S/C19H23N3O3S.ClH/c1-14-7-9-16(13-18(14)22-11-4-12-26(22,24)25)21-19(23)10-8-15-5-2-3-6-17(15)20;/h2-3,5-7,9,13H,4,8,10-12,20H2,1H3,(H,21,23);1H. The lowest BCUT2D eigenvalue weighted by molar-refractivity contribution is -0.116. The van der Waals surface area contributed by atoms with Gasteiger partial charge in [0, 0.05) is 24.3 Å². The van der Waals surface area contributed by atoms with Crippen LogP contribution in [0.5, 0.6) is 0 Å². The molecule has 3 rings (SSSR count). The molecule has 0 radical (unpaired) electrons. The molecule has 1 fully saturated rings. The largest absolute Gasteiger partial charge is 0.399 e. The van der Waals surface area contributed by atoms with Crippen molar-refractivity contribution in [2.75, 3.05) is 27.7 Å². The van der Waals surface area contributed by atoms with E-state index in [0.29, 0.717) is 42.9 Å². The van der Waals surface area contributed by atoms with Gasteiger partial charge >= 0.3 is 0 Å². The van der Waals surface area contributed by atoms with Crippen LogP contribution < -0.4 is 15.4 Å². The van der Waals surface area contributed by atoms with Crippen molar-refractivity contribution in [1.82, 2.24) is 0 Å². The van der Waals surface area contributed by atoms with Gasteiger partial charge in [0.25, 0.3) is 0 Å². The maximum atomic E-state index is 12.3. The lowest BCUT2D eigenvalue weighted by Crippen LogP contribution is -2.26. The van der Waals surface area contributed by atoms with E-state index in [9.17, 15) is 13.2 Å². The number of nitrogen functional groups attached to an aromatic ring is 1. The fourth-order valence-corrected chi connectivity index (χ4v) is 4.72. The van der Waals surface area contributed by atoms with E-state index in [-0.39, 0.29) is 24.1 Å². The van der Waals surface area contributed by atoms with Gasteiger partial charge in [-0.3, -0.25) is 9.10 Å². The first-order valence-corrected chi connectivity index (χ1v) is 10.2. The van der Waals surface area contributed by atoms with Crippen LogP contribution >= 0.6 is 12.4 Å². The highest BCUT2D eigenvalue weighted by molar-refractivity contribution is 7.93. The number of halogens is 1. The molecule has 1 aliphatic rings. The van der Waals surface area contributed by atoms with Crippen molar-refractivity contribution in [3.8, 4) is 0 Å². The molecule has 0 bridgehead atoms. The van der Waals surface area contributed by atoms with Crippen molar-refractivity contribution in [2.24, 2.45) is 0 Å². The molecule has 3 N–H and O–H groups in total. The predicted octanol–water partition coefficient (Wildman–Crippen LogP) is 3.11. The van der Waals surface area contributed by atoms with Gasteiger partial charge in [0.1, 0.15) is 0 Å². The normalized spacial score (nSPS) is 15.2. The van der Waals surface area contributed by atoms with Crippen LogP contribution in [0.3, 0.4) is 0 Å². The molecule has 1 aliphatic heterocycles. The topological polar surface area (TPSA) is 92.5 Å². The molecule has 0 spiro atoms. The second-order valence-electron chi connectivity index (χ2n) is 6.49. The molecule has 27 heavy (non-hydrogen) atoms. The van der Waals surface area contributed by atoms with Gasteiger partial charge in [0.05, 0.1) is 11.4 Å². The number of sulfonamides is 1. The van der Waals surface area contributed by atoms with Gasteiger partial charge in [0.2, 0.25) is 15.9 Å². The minimum absolute atomic E-state index is 0. The predicted molar refractivity (Wildman–Crippen MR) is 112 cm³/mol. The highest BCUT2D eigenvalue weighted by Gasteiger charge is 2.29. The Kier molecular flexibility index (Phi) is 6.73. The first-order chi connectivity index (χ1) is 12.4. The average molecular weight is 410 g/mol. The van der Waals surface area contributed by atoms with Crippen LogP contribution in [-0.2, 0) is 21.2 Å². The summed E-state index contributed by atoms with van der Waals surface area (Å²) < 4.78 is 25.8. The number of amides is 1. The number of hydrogen-bond donors (Lipinski definition) is 2. The van der Waals surface area contributed by atoms with Gasteiger partial charge in [-0.25, -0.2) is 8.42 Å². The second kappa shape index (κ2) is 8.63. The summed E-state index contributed by atoms with van der Waals surface area (Å²) in [5.74, 6) is 0.0361. The molecule has 146 valence electrons. The summed E-state index contributed by atoms with van der Waals surface area (Å²) in [5, 5.41) is 2.85. The third-order valence-corrected chi connectivity index (χ3v) is 6.39. The fraction of sp³-hybridized carbons (Fsp3) is 0.316. The van der Waals surface area contributed by atoms with E-state index in [1.807, 2.05) is 37.3 Å². The zero-order valence-electron chi connectivity index (χ0n) is 15.1. The highest BCUT2D eigenvalue weighted by atomic mass is 35.5. The van der Waals surface area contributed by atoms with Crippen molar-refractivity contribution >= 4 is 45.4 Å². The zero-order valence-corrected chi connectivity index (χ0v) is 16.8. The minimum atomic E-state index is -3.25. The summed E-state index contributed by atoms with van der Waals surface area (Å²) in [5.41, 5.74) is 9.61. The lowest BCUT2D eigenvalue weighted by Gasteiger charge is -2.20. The molecule has 0 atom stereocenters. The molecule has 0 unspecified atom stereocenters. The number of anilines is 3. The van der Waals surface area contributed by atoms with Crippen molar-refractivity contribution in [2.45, 2.75) is 26.2 Å². The molecule has 0 aromatic heterocycles. The van der Waals surface area contributed by atoms with Gasteiger partial charge < -0.3 is 11.1 Å². The van der Waals surface area contributed by atoms with E-state index >= 15 is 0 Å². The number of nitrogens with two attached hydrogens (primary N) is 1. The highest BCUT2D eigenvalue weighted by Crippen LogP contribution is 2.30. The summed E-state index contributed by atoms with van der Waals surface area (Å²) >= 11 is 0. The molecule has 2 aromatic rings. The maximum absolute atomic E-state index is 12.3.